The summed E-state index contributed by atoms with van der Waals surface area (Å²) in [6.45, 7) is 2.55. The van der Waals surface area contributed by atoms with Gasteiger partial charge in [-0.2, -0.15) is 0 Å². The van der Waals surface area contributed by atoms with Crippen molar-refractivity contribution in [3.05, 3.63) is 107 Å². The Balaban J connectivity index is 1.89. The molecule has 1 heterocycles. The van der Waals surface area contributed by atoms with Crippen LogP contribution in [0.5, 0.6) is 0 Å². The van der Waals surface area contributed by atoms with E-state index in [1.807, 2.05) is 79.7 Å². The van der Waals surface area contributed by atoms with Gasteiger partial charge < -0.3 is 10.0 Å². The van der Waals surface area contributed by atoms with E-state index in [-0.39, 0.29) is 11.8 Å². The van der Waals surface area contributed by atoms with Crippen molar-refractivity contribution in [2.24, 2.45) is 0 Å². The van der Waals surface area contributed by atoms with Gasteiger partial charge in [-0.1, -0.05) is 85.8 Å². The SMILES string of the molecule is CCCN1C(=O)c2ccccc2[C@@]1(O)[C@H](Cc1ccccc1)c1ccccc1. The number of nitrogens with zero attached hydrogens (tertiary/aromatic N) is 1. The number of amides is 1. The average molecular weight is 371 g/mol. The van der Waals surface area contributed by atoms with E-state index in [2.05, 4.69) is 12.1 Å². The van der Waals surface area contributed by atoms with Crippen LogP contribution in [0.3, 0.4) is 0 Å². The molecular formula is C25H25NO2. The van der Waals surface area contributed by atoms with Crippen LogP contribution < -0.4 is 0 Å². The first-order chi connectivity index (χ1) is 13.7. The zero-order valence-corrected chi connectivity index (χ0v) is 16.1. The van der Waals surface area contributed by atoms with E-state index in [1.54, 1.807) is 4.90 Å². The molecule has 142 valence electrons. The Morgan fingerprint density at radius 1 is 0.893 bits per heavy atom. The molecule has 1 aliphatic rings. The van der Waals surface area contributed by atoms with Gasteiger partial charge in [0.15, 0.2) is 5.72 Å². The van der Waals surface area contributed by atoms with Crippen LogP contribution in [-0.4, -0.2) is 22.5 Å². The summed E-state index contributed by atoms with van der Waals surface area (Å²) in [6, 6.07) is 27.7. The maximum atomic E-state index is 13.2. The third-order valence-corrected chi connectivity index (χ3v) is 5.63. The third-order valence-electron chi connectivity index (χ3n) is 5.63. The number of carbonyl (C=O) groups is 1. The first-order valence-corrected chi connectivity index (χ1v) is 9.89. The lowest BCUT2D eigenvalue weighted by Crippen LogP contribution is -2.49. The summed E-state index contributed by atoms with van der Waals surface area (Å²) in [4.78, 5) is 14.8. The molecular weight excluding hydrogens is 346 g/mol. The highest BCUT2D eigenvalue weighted by Crippen LogP contribution is 2.48. The molecule has 1 N–H and O–H groups in total. The lowest BCUT2D eigenvalue weighted by atomic mass is 9.79. The number of carbonyl (C=O) groups excluding carboxylic acids is 1. The molecule has 3 aromatic rings. The molecule has 4 rings (SSSR count). The fourth-order valence-electron chi connectivity index (χ4n) is 4.34. The summed E-state index contributed by atoms with van der Waals surface area (Å²) >= 11 is 0. The molecule has 0 aliphatic carbocycles. The molecule has 0 aromatic heterocycles. The Morgan fingerprint density at radius 2 is 1.50 bits per heavy atom. The minimum atomic E-state index is -1.37. The van der Waals surface area contributed by atoms with Gasteiger partial charge in [0, 0.05) is 23.6 Å². The third kappa shape index (κ3) is 3.02. The van der Waals surface area contributed by atoms with Crippen molar-refractivity contribution < 1.29 is 9.90 Å². The molecule has 0 spiro atoms. The van der Waals surface area contributed by atoms with Gasteiger partial charge in [0.1, 0.15) is 0 Å². The second kappa shape index (κ2) is 7.61. The van der Waals surface area contributed by atoms with E-state index < -0.39 is 5.72 Å². The van der Waals surface area contributed by atoms with Crippen LogP contribution in [0, 0.1) is 0 Å². The molecule has 0 unspecified atom stereocenters. The molecule has 0 bridgehead atoms. The second-order valence-electron chi connectivity index (χ2n) is 7.38. The van der Waals surface area contributed by atoms with E-state index >= 15 is 0 Å². The summed E-state index contributed by atoms with van der Waals surface area (Å²) in [5, 5.41) is 12.2. The molecule has 1 aliphatic heterocycles. The normalized spacial score (nSPS) is 19.5. The maximum Gasteiger partial charge on any atom is 0.256 e. The number of hydrogen-bond donors (Lipinski definition) is 1. The number of hydrogen-bond acceptors (Lipinski definition) is 2. The van der Waals surface area contributed by atoms with E-state index in [0.717, 1.165) is 17.5 Å². The highest BCUT2D eigenvalue weighted by Gasteiger charge is 2.53. The molecule has 3 nitrogen and oxygen atoms in total. The van der Waals surface area contributed by atoms with Crippen LogP contribution in [0.2, 0.25) is 0 Å². The average Bonchev–Trinajstić information content (AvgIpc) is 2.96. The second-order valence-corrected chi connectivity index (χ2v) is 7.38. The summed E-state index contributed by atoms with van der Waals surface area (Å²) in [5.41, 5.74) is 2.10. The maximum absolute atomic E-state index is 13.2. The van der Waals surface area contributed by atoms with Gasteiger partial charge in [0.25, 0.3) is 5.91 Å². The minimum Gasteiger partial charge on any atom is -0.366 e. The standard InChI is InChI=1S/C25H25NO2/c1-2-17-26-24(27)21-15-9-10-16-22(21)25(26,28)23(20-13-7-4-8-14-20)18-19-11-5-3-6-12-19/h3-16,23,28H,2,17-18H2,1H3/t23-,25-/m1/s1. The number of benzene rings is 3. The van der Waals surface area contributed by atoms with Crippen LogP contribution in [0.1, 0.15) is 46.3 Å². The van der Waals surface area contributed by atoms with Gasteiger partial charge >= 0.3 is 0 Å². The molecule has 2 atom stereocenters. The van der Waals surface area contributed by atoms with Gasteiger partial charge in [-0.25, -0.2) is 0 Å². The minimum absolute atomic E-state index is 0.0889. The molecule has 3 heteroatoms. The lowest BCUT2D eigenvalue weighted by Gasteiger charge is -2.41. The fraction of sp³-hybridized carbons (Fsp3) is 0.240. The summed E-state index contributed by atoms with van der Waals surface area (Å²) in [6.07, 6.45) is 1.43. The quantitative estimate of drug-likeness (QED) is 0.681. The molecule has 0 saturated heterocycles. The van der Waals surface area contributed by atoms with Gasteiger partial charge in [0.2, 0.25) is 0 Å². The number of fused-ring (bicyclic) bond motifs is 1. The molecule has 0 saturated carbocycles. The van der Waals surface area contributed by atoms with Crippen molar-refractivity contribution in [2.75, 3.05) is 6.54 Å². The summed E-state index contributed by atoms with van der Waals surface area (Å²) < 4.78 is 0. The predicted octanol–water partition coefficient (Wildman–Crippen LogP) is 4.72. The zero-order valence-electron chi connectivity index (χ0n) is 16.1. The Morgan fingerprint density at radius 3 is 2.18 bits per heavy atom. The zero-order chi connectivity index (χ0) is 19.6. The van der Waals surface area contributed by atoms with E-state index in [0.29, 0.717) is 24.1 Å². The van der Waals surface area contributed by atoms with Crippen LogP contribution >= 0.6 is 0 Å². The van der Waals surface area contributed by atoms with Gasteiger partial charge in [-0.15, -0.1) is 0 Å². The monoisotopic (exact) mass is 371 g/mol. The van der Waals surface area contributed by atoms with Gasteiger partial charge in [-0.05, 0) is 30.0 Å². The molecule has 1 amide bonds. The number of rotatable bonds is 6. The molecule has 28 heavy (non-hydrogen) atoms. The van der Waals surface area contributed by atoms with Crippen molar-refractivity contribution in [3.63, 3.8) is 0 Å². The molecule has 0 radical (unpaired) electrons. The lowest BCUT2D eigenvalue weighted by molar-refractivity contribution is -0.105. The Hall–Kier alpha value is -2.91. The Labute approximate surface area is 166 Å². The topological polar surface area (TPSA) is 40.5 Å². The highest BCUT2D eigenvalue weighted by atomic mass is 16.3. The van der Waals surface area contributed by atoms with Crippen molar-refractivity contribution >= 4 is 5.91 Å². The first kappa shape index (κ1) is 18.5. The van der Waals surface area contributed by atoms with Crippen molar-refractivity contribution in [1.82, 2.24) is 4.90 Å². The Bertz CT molecular complexity index is 955. The van der Waals surface area contributed by atoms with Gasteiger partial charge in [0.05, 0.1) is 0 Å². The summed E-state index contributed by atoms with van der Waals surface area (Å²) in [5.74, 6) is -0.357. The van der Waals surface area contributed by atoms with Crippen molar-refractivity contribution in [2.45, 2.75) is 31.4 Å². The molecule has 0 fully saturated rings. The smallest absolute Gasteiger partial charge is 0.256 e. The van der Waals surface area contributed by atoms with Crippen LogP contribution in [0.15, 0.2) is 84.9 Å². The molecule has 3 aromatic carbocycles. The highest BCUT2D eigenvalue weighted by molar-refractivity contribution is 5.99. The van der Waals surface area contributed by atoms with E-state index in [9.17, 15) is 9.90 Å². The fourth-order valence-corrected chi connectivity index (χ4v) is 4.34. The van der Waals surface area contributed by atoms with Crippen molar-refractivity contribution in [3.8, 4) is 0 Å². The van der Waals surface area contributed by atoms with Crippen LogP contribution in [0.25, 0.3) is 0 Å². The number of aliphatic hydroxyl groups is 1. The Kier molecular flexibility index (Phi) is 5.01. The predicted molar refractivity (Wildman–Crippen MR) is 111 cm³/mol. The summed E-state index contributed by atoms with van der Waals surface area (Å²) in [7, 11) is 0. The largest absolute Gasteiger partial charge is 0.366 e. The van der Waals surface area contributed by atoms with Gasteiger partial charge in [-0.3, -0.25) is 4.79 Å². The first-order valence-electron chi connectivity index (χ1n) is 9.89. The van der Waals surface area contributed by atoms with Crippen molar-refractivity contribution in [1.29, 1.82) is 0 Å². The van der Waals surface area contributed by atoms with E-state index in [4.69, 9.17) is 0 Å². The van der Waals surface area contributed by atoms with E-state index in [1.165, 1.54) is 0 Å². The van der Waals surface area contributed by atoms with Crippen LogP contribution in [-0.2, 0) is 12.1 Å². The van der Waals surface area contributed by atoms with Crippen LogP contribution in [0.4, 0.5) is 0 Å².